The number of hydrogen-bond donors (Lipinski definition) is 3. The van der Waals surface area contributed by atoms with Crippen molar-refractivity contribution >= 4 is 23.4 Å². The fraction of sp³-hybridized carbons (Fsp3) is 0.176. The summed E-state index contributed by atoms with van der Waals surface area (Å²) in [6, 6.07) is 11.1. The van der Waals surface area contributed by atoms with Crippen LogP contribution in [0.15, 0.2) is 42.5 Å². The van der Waals surface area contributed by atoms with E-state index in [1.165, 1.54) is 12.1 Å². The van der Waals surface area contributed by atoms with Gasteiger partial charge in [0, 0.05) is 5.02 Å². The van der Waals surface area contributed by atoms with Crippen LogP contribution in [0.4, 0.5) is 0 Å². The van der Waals surface area contributed by atoms with Gasteiger partial charge in [0.2, 0.25) is 0 Å². The van der Waals surface area contributed by atoms with E-state index in [2.05, 4.69) is 10.9 Å². The number of halogens is 1. The topological polar surface area (TPSA) is 87.7 Å². The molecule has 2 rings (SSSR count). The molecule has 2 amide bonds. The average molecular weight is 349 g/mol. The molecule has 0 unspecified atom stereocenters. The molecular weight excluding hydrogens is 332 g/mol. The number of amides is 2. The quantitative estimate of drug-likeness (QED) is 0.741. The van der Waals surface area contributed by atoms with E-state index in [1.807, 2.05) is 6.92 Å². The Morgan fingerprint density at radius 3 is 2.54 bits per heavy atom. The fourth-order valence-electron chi connectivity index (χ4n) is 1.94. The van der Waals surface area contributed by atoms with Gasteiger partial charge in [-0.2, -0.15) is 0 Å². The number of ether oxygens (including phenoxy) is 1. The number of hydrazine groups is 1. The molecule has 0 aliphatic carbocycles. The van der Waals surface area contributed by atoms with Crippen molar-refractivity contribution in [3.05, 3.63) is 58.6 Å². The highest BCUT2D eigenvalue weighted by molar-refractivity contribution is 6.30. The second-order valence-electron chi connectivity index (χ2n) is 5.13. The molecular formula is C17H17ClN2O4. The van der Waals surface area contributed by atoms with E-state index in [9.17, 15) is 14.7 Å². The minimum absolute atomic E-state index is 0.0555. The van der Waals surface area contributed by atoms with Crippen molar-refractivity contribution in [2.45, 2.75) is 20.0 Å². The summed E-state index contributed by atoms with van der Waals surface area (Å²) in [5, 5.41) is 10.2. The lowest BCUT2D eigenvalue weighted by Crippen LogP contribution is -2.47. The SMILES string of the molecule is Cc1cc(Cl)ccc1O[C@@H](C)C(=O)NNC(=O)c1ccccc1O. The van der Waals surface area contributed by atoms with Crippen LogP contribution in [-0.2, 0) is 4.79 Å². The Bertz CT molecular complexity index is 764. The molecule has 0 saturated heterocycles. The Hall–Kier alpha value is -2.73. The molecule has 2 aromatic rings. The summed E-state index contributed by atoms with van der Waals surface area (Å²) in [5.41, 5.74) is 5.34. The van der Waals surface area contributed by atoms with Gasteiger partial charge in [0.05, 0.1) is 5.56 Å². The third-order valence-electron chi connectivity index (χ3n) is 3.26. The Balaban J connectivity index is 1.92. The first-order chi connectivity index (χ1) is 11.4. The summed E-state index contributed by atoms with van der Waals surface area (Å²) >= 11 is 5.87. The summed E-state index contributed by atoms with van der Waals surface area (Å²) in [4.78, 5) is 23.9. The molecule has 0 bridgehead atoms. The van der Waals surface area contributed by atoms with Gasteiger partial charge in [0.25, 0.3) is 11.8 Å². The van der Waals surface area contributed by atoms with Crippen molar-refractivity contribution in [3.63, 3.8) is 0 Å². The van der Waals surface area contributed by atoms with Crippen LogP contribution in [-0.4, -0.2) is 23.0 Å². The monoisotopic (exact) mass is 348 g/mol. The van der Waals surface area contributed by atoms with Gasteiger partial charge in [-0.3, -0.25) is 20.4 Å². The highest BCUT2D eigenvalue weighted by atomic mass is 35.5. The van der Waals surface area contributed by atoms with Crippen LogP contribution in [0, 0.1) is 6.92 Å². The lowest BCUT2D eigenvalue weighted by molar-refractivity contribution is -0.128. The molecule has 3 N–H and O–H groups in total. The average Bonchev–Trinajstić information content (AvgIpc) is 2.55. The third kappa shape index (κ3) is 4.39. The number of phenols is 1. The van der Waals surface area contributed by atoms with E-state index in [4.69, 9.17) is 16.3 Å². The number of aromatic hydroxyl groups is 1. The van der Waals surface area contributed by atoms with Crippen LogP contribution in [0.1, 0.15) is 22.8 Å². The molecule has 6 nitrogen and oxygen atoms in total. The second-order valence-corrected chi connectivity index (χ2v) is 5.57. The number of carbonyl (C=O) groups excluding carboxylic acids is 2. The van der Waals surface area contributed by atoms with Gasteiger partial charge in [-0.25, -0.2) is 0 Å². The zero-order chi connectivity index (χ0) is 17.7. The summed E-state index contributed by atoms with van der Waals surface area (Å²) in [6.45, 7) is 3.36. The fourth-order valence-corrected chi connectivity index (χ4v) is 2.17. The highest BCUT2D eigenvalue weighted by Crippen LogP contribution is 2.22. The van der Waals surface area contributed by atoms with E-state index < -0.39 is 17.9 Å². The first-order valence-corrected chi connectivity index (χ1v) is 7.57. The lowest BCUT2D eigenvalue weighted by Gasteiger charge is -2.16. The van der Waals surface area contributed by atoms with Crippen molar-refractivity contribution in [1.82, 2.24) is 10.9 Å². The molecule has 0 fully saturated rings. The predicted octanol–water partition coefficient (Wildman–Crippen LogP) is 2.58. The zero-order valence-electron chi connectivity index (χ0n) is 13.2. The summed E-state index contributed by atoms with van der Waals surface area (Å²) in [5.74, 6) is -0.816. The molecule has 0 aliphatic rings. The van der Waals surface area contributed by atoms with Crippen molar-refractivity contribution < 1.29 is 19.4 Å². The van der Waals surface area contributed by atoms with Crippen molar-refractivity contribution in [2.75, 3.05) is 0 Å². The molecule has 0 radical (unpaired) electrons. The van der Waals surface area contributed by atoms with Gasteiger partial charge in [0.15, 0.2) is 6.10 Å². The molecule has 24 heavy (non-hydrogen) atoms. The number of carbonyl (C=O) groups is 2. The van der Waals surface area contributed by atoms with Crippen LogP contribution in [0.2, 0.25) is 5.02 Å². The number of benzene rings is 2. The molecule has 0 spiro atoms. The second kappa shape index (κ2) is 7.70. The maximum absolute atomic E-state index is 12.0. The molecule has 1 atom stereocenters. The van der Waals surface area contributed by atoms with Crippen LogP contribution in [0.25, 0.3) is 0 Å². The minimum atomic E-state index is -0.838. The van der Waals surface area contributed by atoms with Crippen molar-refractivity contribution in [3.8, 4) is 11.5 Å². The highest BCUT2D eigenvalue weighted by Gasteiger charge is 2.17. The minimum Gasteiger partial charge on any atom is -0.507 e. The third-order valence-corrected chi connectivity index (χ3v) is 3.49. The van der Waals surface area contributed by atoms with Crippen molar-refractivity contribution in [1.29, 1.82) is 0 Å². The number of hydrogen-bond acceptors (Lipinski definition) is 4. The van der Waals surface area contributed by atoms with Crippen LogP contribution in [0.3, 0.4) is 0 Å². The lowest BCUT2D eigenvalue weighted by atomic mass is 10.2. The van der Waals surface area contributed by atoms with Crippen molar-refractivity contribution in [2.24, 2.45) is 0 Å². The molecule has 0 heterocycles. The number of phenolic OH excluding ortho intramolecular Hbond substituents is 1. The molecule has 2 aromatic carbocycles. The van der Waals surface area contributed by atoms with E-state index in [-0.39, 0.29) is 11.3 Å². The Morgan fingerprint density at radius 2 is 1.88 bits per heavy atom. The summed E-state index contributed by atoms with van der Waals surface area (Å²) in [7, 11) is 0. The van der Waals surface area contributed by atoms with Gasteiger partial charge in [-0.1, -0.05) is 23.7 Å². The molecule has 126 valence electrons. The molecule has 0 aromatic heterocycles. The first kappa shape index (κ1) is 17.6. The van der Waals surface area contributed by atoms with Gasteiger partial charge >= 0.3 is 0 Å². The number of para-hydroxylation sites is 1. The van der Waals surface area contributed by atoms with E-state index in [1.54, 1.807) is 37.3 Å². The molecule has 0 aliphatic heterocycles. The normalized spacial score (nSPS) is 11.5. The number of aryl methyl sites for hydroxylation is 1. The van der Waals surface area contributed by atoms with E-state index in [0.717, 1.165) is 5.56 Å². The van der Waals surface area contributed by atoms with Crippen LogP contribution < -0.4 is 15.6 Å². The number of nitrogens with one attached hydrogen (secondary N) is 2. The van der Waals surface area contributed by atoms with Crippen LogP contribution >= 0.6 is 11.6 Å². The Labute approximate surface area is 144 Å². The zero-order valence-corrected chi connectivity index (χ0v) is 13.9. The maximum Gasteiger partial charge on any atom is 0.279 e. The molecule has 0 saturated carbocycles. The first-order valence-electron chi connectivity index (χ1n) is 7.19. The number of rotatable bonds is 4. The Kier molecular flexibility index (Phi) is 5.65. The predicted molar refractivity (Wildman–Crippen MR) is 90.0 cm³/mol. The summed E-state index contributed by atoms with van der Waals surface area (Å²) < 4.78 is 5.55. The van der Waals surface area contributed by atoms with Crippen LogP contribution in [0.5, 0.6) is 11.5 Å². The summed E-state index contributed by atoms with van der Waals surface area (Å²) in [6.07, 6.45) is -0.838. The largest absolute Gasteiger partial charge is 0.507 e. The van der Waals surface area contributed by atoms with E-state index in [0.29, 0.717) is 10.8 Å². The molecule has 7 heteroatoms. The van der Waals surface area contributed by atoms with Gasteiger partial charge in [-0.15, -0.1) is 0 Å². The standard InChI is InChI=1S/C17H17ClN2O4/c1-10-9-12(18)7-8-15(10)24-11(2)16(22)19-20-17(23)13-5-3-4-6-14(13)21/h3-9,11,21H,1-2H3,(H,19,22)(H,20,23)/t11-/m0/s1. The maximum atomic E-state index is 12.0. The van der Waals surface area contributed by atoms with Gasteiger partial charge in [0.1, 0.15) is 11.5 Å². The van der Waals surface area contributed by atoms with Gasteiger partial charge in [-0.05, 0) is 49.7 Å². The Morgan fingerprint density at radius 1 is 1.17 bits per heavy atom. The van der Waals surface area contributed by atoms with Gasteiger partial charge < -0.3 is 9.84 Å². The smallest absolute Gasteiger partial charge is 0.279 e. The van der Waals surface area contributed by atoms with E-state index >= 15 is 0 Å².